The van der Waals surface area contributed by atoms with Gasteiger partial charge in [-0.25, -0.2) is 9.97 Å². The molecule has 2 aromatic heterocycles. The van der Waals surface area contributed by atoms with E-state index in [1.807, 2.05) is 0 Å². The van der Waals surface area contributed by atoms with Crippen molar-refractivity contribution in [3.8, 4) is 90.1 Å². The van der Waals surface area contributed by atoms with Crippen LogP contribution in [0.5, 0.6) is 0 Å². The Labute approximate surface area is 506 Å². The molecule has 2 N–H and O–H groups in total. The third kappa shape index (κ3) is 17.5. The van der Waals surface area contributed by atoms with E-state index in [9.17, 15) is 0 Å². The van der Waals surface area contributed by atoms with Crippen molar-refractivity contribution in [2.75, 3.05) is 0 Å². The summed E-state index contributed by atoms with van der Waals surface area (Å²) in [6.45, 7) is 9.17. The predicted molar refractivity (Wildman–Crippen MR) is 363 cm³/mol. The number of rotatable bonds is 36. The smallest absolute Gasteiger partial charge is 0.139 e. The Morgan fingerprint density at radius 1 is 0.250 bits per heavy atom. The molecule has 0 saturated heterocycles. The monoisotopic (exact) mass is 1110 g/mol. The van der Waals surface area contributed by atoms with E-state index >= 15 is 0 Å². The summed E-state index contributed by atoms with van der Waals surface area (Å²) < 4.78 is 0. The Hall–Kier alpha value is -7.04. The van der Waals surface area contributed by atoms with Crippen LogP contribution in [0.1, 0.15) is 204 Å². The Morgan fingerprint density at radius 2 is 0.512 bits per heavy atom. The van der Waals surface area contributed by atoms with Crippen LogP contribution in [0, 0.1) is 0 Å². The maximum absolute atomic E-state index is 5.69. The molecule has 0 bridgehead atoms. The quantitative estimate of drug-likeness (QED) is 0.0385. The number of hydrogen-bond acceptors (Lipinski definition) is 2. The molecule has 9 rings (SSSR count). The fraction of sp³-hybridized carbons (Fsp3) is 0.400. The van der Waals surface area contributed by atoms with Crippen molar-refractivity contribution in [1.82, 2.24) is 19.9 Å². The number of H-pyrrole nitrogens is 2. The molecule has 4 nitrogen and oxygen atoms in total. The van der Waals surface area contributed by atoms with E-state index in [4.69, 9.17) is 9.97 Å². The van der Waals surface area contributed by atoms with Gasteiger partial charge in [-0.15, -0.1) is 0 Å². The average Bonchev–Trinajstić information content (AvgIpc) is 3.71. The van der Waals surface area contributed by atoms with Crippen molar-refractivity contribution in [2.24, 2.45) is 0 Å². The van der Waals surface area contributed by atoms with Crippen LogP contribution >= 0.6 is 0 Å². The molecule has 84 heavy (non-hydrogen) atoms. The lowest BCUT2D eigenvalue weighted by Gasteiger charge is -2.16. The van der Waals surface area contributed by atoms with Gasteiger partial charge in [0.25, 0.3) is 0 Å². The van der Waals surface area contributed by atoms with Crippen LogP contribution in [0.2, 0.25) is 0 Å². The van der Waals surface area contributed by atoms with Crippen LogP contribution in [0.4, 0.5) is 0 Å². The highest BCUT2D eigenvalue weighted by Crippen LogP contribution is 2.44. The molecule has 0 fully saturated rings. The largest absolute Gasteiger partial charge is 0.337 e. The van der Waals surface area contributed by atoms with Crippen molar-refractivity contribution in [1.29, 1.82) is 0 Å². The lowest BCUT2D eigenvalue weighted by atomic mass is 9.90. The zero-order valence-electron chi connectivity index (χ0n) is 51.9. The number of nitrogens with zero attached hydrogens (tertiary/aromatic N) is 2. The van der Waals surface area contributed by atoms with Crippen LogP contribution in [0.25, 0.3) is 90.1 Å². The molecule has 2 heterocycles. The minimum atomic E-state index is 0.845. The van der Waals surface area contributed by atoms with Gasteiger partial charge in [0.2, 0.25) is 0 Å². The summed E-state index contributed by atoms with van der Waals surface area (Å²) in [6.07, 6.45) is 35.7. The molecule has 0 unspecified atom stereocenters. The van der Waals surface area contributed by atoms with E-state index in [1.54, 1.807) is 0 Å². The summed E-state index contributed by atoms with van der Waals surface area (Å²) in [7, 11) is 0. The molecule has 0 aliphatic rings. The molecule has 0 atom stereocenters. The zero-order valence-corrected chi connectivity index (χ0v) is 51.9. The number of aryl methyl sites for hydroxylation is 4. The highest BCUT2D eigenvalue weighted by Gasteiger charge is 2.24. The van der Waals surface area contributed by atoms with Gasteiger partial charge in [-0.2, -0.15) is 0 Å². The lowest BCUT2D eigenvalue weighted by Crippen LogP contribution is -1.95. The van der Waals surface area contributed by atoms with Crippen molar-refractivity contribution in [3.05, 3.63) is 192 Å². The number of benzene rings is 7. The van der Waals surface area contributed by atoms with Gasteiger partial charge < -0.3 is 9.97 Å². The second-order valence-corrected chi connectivity index (χ2v) is 24.2. The fourth-order valence-electron chi connectivity index (χ4n) is 12.3. The maximum atomic E-state index is 5.69. The first-order valence-corrected chi connectivity index (χ1v) is 33.4. The summed E-state index contributed by atoms with van der Waals surface area (Å²) in [4.78, 5) is 19.4. The third-order valence-corrected chi connectivity index (χ3v) is 17.5. The summed E-state index contributed by atoms with van der Waals surface area (Å²) in [5.74, 6) is 1.69. The normalized spacial score (nSPS) is 11.5. The minimum Gasteiger partial charge on any atom is -0.337 e. The van der Waals surface area contributed by atoms with Crippen LogP contribution in [-0.2, 0) is 25.7 Å². The average molecular weight is 1120 g/mol. The predicted octanol–water partition coefficient (Wildman–Crippen LogP) is 24.1. The molecular formula is C80H98N4. The van der Waals surface area contributed by atoms with Gasteiger partial charge in [-0.3, -0.25) is 0 Å². The van der Waals surface area contributed by atoms with Gasteiger partial charge in [0, 0.05) is 33.4 Å². The third-order valence-electron chi connectivity index (χ3n) is 17.5. The maximum Gasteiger partial charge on any atom is 0.139 e. The highest BCUT2D eigenvalue weighted by atomic mass is 15.0. The fourth-order valence-corrected chi connectivity index (χ4v) is 12.3. The van der Waals surface area contributed by atoms with Crippen LogP contribution in [0.3, 0.4) is 0 Å². The summed E-state index contributed by atoms with van der Waals surface area (Å²) in [5.41, 5.74) is 20.7. The van der Waals surface area contributed by atoms with E-state index in [0.29, 0.717) is 0 Å². The van der Waals surface area contributed by atoms with Gasteiger partial charge >= 0.3 is 0 Å². The van der Waals surface area contributed by atoms with Crippen molar-refractivity contribution in [3.63, 3.8) is 0 Å². The molecule has 0 aliphatic carbocycles. The first kappa shape index (κ1) is 61.5. The van der Waals surface area contributed by atoms with Crippen molar-refractivity contribution in [2.45, 2.75) is 207 Å². The Bertz CT molecular complexity index is 2910. The van der Waals surface area contributed by atoms with E-state index in [0.717, 1.165) is 116 Å². The molecule has 7 aromatic carbocycles. The van der Waals surface area contributed by atoms with Crippen molar-refractivity contribution >= 4 is 0 Å². The number of hydrogen-bond donors (Lipinski definition) is 2. The summed E-state index contributed by atoms with van der Waals surface area (Å²) >= 11 is 0. The molecule has 0 aliphatic heterocycles. The first-order chi connectivity index (χ1) is 41.5. The lowest BCUT2D eigenvalue weighted by molar-refractivity contribution is 0.607. The molecule has 0 amide bonds. The van der Waals surface area contributed by atoms with Gasteiger partial charge in [0.15, 0.2) is 0 Å². The van der Waals surface area contributed by atoms with Crippen LogP contribution < -0.4 is 0 Å². The van der Waals surface area contributed by atoms with Gasteiger partial charge in [0.1, 0.15) is 11.6 Å². The molecule has 0 radical (unpaired) electrons. The molecule has 438 valence electrons. The van der Waals surface area contributed by atoms with Gasteiger partial charge in [-0.1, -0.05) is 314 Å². The number of unbranched alkanes of at least 4 members (excludes halogenated alkanes) is 20. The Kier molecular flexibility index (Phi) is 24.5. The number of aromatic nitrogens is 4. The molecule has 9 aromatic rings. The van der Waals surface area contributed by atoms with E-state index in [-0.39, 0.29) is 0 Å². The highest BCUT2D eigenvalue weighted by molar-refractivity contribution is 5.95. The summed E-state index contributed by atoms with van der Waals surface area (Å²) in [6, 6.07) is 63.7. The summed E-state index contributed by atoms with van der Waals surface area (Å²) in [5, 5.41) is 0. The minimum absolute atomic E-state index is 0.845. The number of nitrogens with one attached hydrogen (secondary N) is 2. The second-order valence-electron chi connectivity index (χ2n) is 24.2. The van der Waals surface area contributed by atoms with Crippen LogP contribution in [0.15, 0.2) is 170 Å². The standard InChI is InChI=1S/C80H98N4/c1-5-9-13-17-21-27-35-61-43-51-67(52-44-61)75-76(68-53-45-62(46-54-68)36-28-22-18-14-10-6-2)82-79(81-75)73-59-72(66-41-33-26-34-42-66)74(60-71(73)65-39-31-25-32-40-65)80-83-77(69-55-47-63(48-56-69)37-29-23-19-15-11-7-3)78(84-80)70-57-49-64(50-58-70)38-30-24-20-16-12-8-4/h25-26,31-34,39-60H,5-24,27-30,35-38H2,1-4H3,(H,81,82)(H,83,84). The van der Waals surface area contributed by atoms with E-state index in [2.05, 4.69) is 208 Å². The molecule has 0 saturated carbocycles. The molecular weight excluding hydrogens is 1020 g/mol. The second kappa shape index (κ2) is 33.4. The topological polar surface area (TPSA) is 57.4 Å². The van der Waals surface area contributed by atoms with Gasteiger partial charge in [-0.05, 0) is 108 Å². The number of aromatic amines is 2. The van der Waals surface area contributed by atoms with Crippen LogP contribution in [-0.4, -0.2) is 19.9 Å². The van der Waals surface area contributed by atoms with E-state index in [1.165, 1.54) is 176 Å². The van der Waals surface area contributed by atoms with Gasteiger partial charge in [0.05, 0.1) is 22.8 Å². The first-order valence-electron chi connectivity index (χ1n) is 33.4. The Balaban J connectivity index is 1.13. The zero-order chi connectivity index (χ0) is 58.0. The number of imidazole rings is 2. The SMILES string of the molecule is CCCCCCCCc1ccc(-c2nc(-c3cc(-c4ccccc4)c(-c4nc(-c5ccc(CCCCCCCC)cc5)c(-c5ccc(CCCCCCCC)cc5)[nH]4)cc3-c3ccccc3)[nH]c2-c2ccc(CCCCCCCC)cc2)cc1. The molecule has 0 spiro atoms. The molecule has 4 heteroatoms. The van der Waals surface area contributed by atoms with E-state index < -0.39 is 0 Å². The Morgan fingerprint density at radius 3 is 0.798 bits per heavy atom. The van der Waals surface area contributed by atoms with Crippen molar-refractivity contribution < 1.29 is 0 Å².